The van der Waals surface area contributed by atoms with Gasteiger partial charge in [-0.3, -0.25) is 9.59 Å². The number of nitrogens with one attached hydrogen (secondary N) is 2. The topological polar surface area (TPSA) is 83.6 Å². The lowest BCUT2D eigenvalue weighted by Crippen LogP contribution is -2.36. The first-order chi connectivity index (χ1) is 15.6. The molecule has 0 radical (unpaired) electrons. The summed E-state index contributed by atoms with van der Waals surface area (Å²) in [6, 6.07) is 12.0. The number of nitrogens with zero attached hydrogens (tertiary/aromatic N) is 2. The molecule has 0 saturated carbocycles. The van der Waals surface area contributed by atoms with Gasteiger partial charge in [0.05, 0.1) is 37.8 Å². The standard InChI is InChI=1S/C23H26N4O3S2/c1-16(17-4-6-19(7-5-17)27-8-10-30-11-9-27)24-21(28)13-18-15-32-23(25-18)26-22(29)14-20-3-2-12-31-20/h2-7,12,15-16H,8-11,13-14H2,1H3,(H,24,28)(H,25,26,29). The van der Waals surface area contributed by atoms with E-state index in [1.54, 1.807) is 11.3 Å². The maximum Gasteiger partial charge on any atom is 0.231 e. The molecule has 0 aliphatic carbocycles. The average molecular weight is 471 g/mol. The minimum Gasteiger partial charge on any atom is -0.378 e. The molecule has 1 aliphatic rings. The van der Waals surface area contributed by atoms with E-state index in [1.165, 1.54) is 17.0 Å². The van der Waals surface area contributed by atoms with Gasteiger partial charge in [0.15, 0.2) is 5.13 Å². The molecule has 1 aromatic carbocycles. The molecular weight excluding hydrogens is 444 g/mol. The van der Waals surface area contributed by atoms with Gasteiger partial charge in [0.2, 0.25) is 11.8 Å². The Morgan fingerprint density at radius 3 is 2.59 bits per heavy atom. The maximum absolute atomic E-state index is 12.5. The van der Waals surface area contributed by atoms with Gasteiger partial charge in [-0.15, -0.1) is 22.7 Å². The van der Waals surface area contributed by atoms with Crippen LogP contribution in [0.4, 0.5) is 10.8 Å². The van der Waals surface area contributed by atoms with Crippen LogP contribution >= 0.6 is 22.7 Å². The fourth-order valence-electron chi connectivity index (χ4n) is 3.52. The van der Waals surface area contributed by atoms with Gasteiger partial charge < -0.3 is 20.3 Å². The molecule has 4 rings (SSSR count). The number of amides is 2. The van der Waals surface area contributed by atoms with Gasteiger partial charge in [0.1, 0.15) is 0 Å². The van der Waals surface area contributed by atoms with E-state index in [0.29, 0.717) is 17.2 Å². The van der Waals surface area contributed by atoms with Gasteiger partial charge in [-0.1, -0.05) is 18.2 Å². The molecule has 2 N–H and O–H groups in total. The van der Waals surface area contributed by atoms with Crippen LogP contribution in [-0.4, -0.2) is 43.1 Å². The summed E-state index contributed by atoms with van der Waals surface area (Å²) >= 11 is 2.88. The van der Waals surface area contributed by atoms with Crippen LogP contribution in [0.15, 0.2) is 47.2 Å². The van der Waals surface area contributed by atoms with Gasteiger partial charge in [-0.2, -0.15) is 0 Å². The number of carbonyl (C=O) groups is 2. The number of thiazole rings is 1. The van der Waals surface area contributed by atoms with Crippen molar-refractivity contribution in [2.24, 2.45) is 0 Å². The van der Waals surface area contributed by atoms with Crippen molar-refractivity contribution in [3.63, 3.8) is 0 Å². The van der Waals surface area contributed by atoms with Gasteiger partial charge in [0.25, 0.3) is 0 Å². The molecule has 3 aromatic rings. The molecule has 2 aromatic heterocycles. The zero-order valence-electron chi connectivity index (χ0n) is 17.9. The van der Waals surface area contributed by atoms with Crippen LogP contribution in [0.25, 0.3) is 0 Å². The fourth-order valence-corrected chi connectivity index (χ4v) is 4.95. The minimum absolute atomic E-state index is 0.100. The van der Waals surface area contributed by atoms with Crippen LogP contribution in [-0.2, 0) is 27.2 Å². The Morgan fingerprint density at radius 2 is 1.88 bits per heavy atom. The number of morpholine rings is 1. The van der Waals surface area contributed by atoms with Crippen molar-refractivity contribution in [3.8, 4) is 0 Å². The van der Waals surface area contributed by atoms with Gasteiger partial charge in [-0.25, -0.2) is 4.98 Å². The second-order valence-electron chi connectivity index (χ2n) is 7.61. The highest BCUT2D eigenvalue weighted by Crippen LogP contribution is 2.21. The van der Waals surface area contributed by atoms with E-state index in [1.807, 2.05) is 29.8 Å². The number of anilines is 2. The molecule has 32 heavy (non-hydrogen) atoms. The molecule has 0 bridgehead atoms. The predicted octanol–water partition coefficient (Wildman–Crippen LogP) is 3.64. The molecule has 1 aliphatic heterocycles. The molecule has 168 valence electrons. The lowest BCUT2D eigenvalue weighted by molar-refractivity contribution is -0.121. The quantitative estimate of drug-likeness (QED) is 0.525. The number of rotatable bonds is 8. The van der Waals surface area contributed by atoms with Crippen molar-refractivity contribution in [3.05, 3.63) is 63.3 Å². The first-order valence-corrected chi connectivity index (χ1v) is 12.3. The second-order valence-corrected chi connectivity index (χ2v) is 9.50. The van der Waals surface area contributed by atoms with Gasteiger partial charge in [-0.05, 0) is 36.1 Å². The third-order valence-electron chi connectivity index (χ3n) is 5.20. The molecule has 0 spiro atoms. The Hall–Kier alpha value is -2.75. The first kappa shape index (κ1) is 22.4. The van der Waals surface area contributed by atoms with Crippen LogP contribution < -0.4 is 15.5 Å². The summed E-state index contributed by atoms with van der Waals surface area (Å²) in [4.78, 5) is 32.3. The van der Waals surface area contributed by atoms with E-state index >= 15 is 0 Å². The van der Waals surface area contributed by atoms with Crippen molar-refractivity contribution in [1.82, 2.24) is 10.3 Å². The number of aromatic nitrogens is 1. The number of hydrogen-bond acceptors (Lipinski definition) is 7. The summed E-state index contributed by atoms with van der Waals surface area (Å²) in [6.07, 6.45) is 0.502. The third kappa shape index (κ3) is 6.15. The Morgan fingerprint density at radius 1 is 1.09 bits per heavy atom. The zero-order valence-corrected chi connectivity index (χ0v) is 19.5. The van der Waals surface area contributed by atoms with Crippen molar-refractivity contribution < 1.29 is 14.3 Å². The third-order valence-corrected chi connectivity index (χ3v) is 6.88. The molecule has 1 unspecified atom stereocenters. The fraction of sp³-hybridized carbons (Fsp3) is 0.348. The van der Waals surface area contributed by atoms with E-state index in [-0.39, 0.29) is 24.3 Å². The highest BCUT2D eigenvalue weighted by molar-refractivity contribution is 7.14. The van der Waals surface area contributed by atoms with E-state index in [0.717, 1.165) is 36.7 Å². The Labute approximate surface area is 195 Å². The molecule has 1 saturated heterocycles. The summed E-state index contributed by atoms with van der Waals surface area (Å²) < 4.78 is 5.40. The van der Waals surface area contributed by atoms with E-state index in [2.05, 4.69) is 44.8 Å². The number of thiophene rings is 1. The zero-order chi connectivity index (χ0) is 22.3. The van der Waals surface area contributed by atoms with Crippen molar-refractivity contribution in [2.45, 2.75) is 25.8 Å². The van der Waals surface area contributed by atoms with E-state index in [9.17, 15) is 9.59 Å². The monoisotopic (exact) mass is 470 g/mol. The van der Waals surface area contributed by atoms with Crippen LogP contribution in [0, 0.1) is 0 Å². The van der Waals surface area contributed by atoms with Crippen molar-refractivity contribution in [1.29, 1.82) is 0 Å². The van der Waals surface area contributed by atoms with Gasteiger partial charge >= 0.3 is 0 Å². The molecule has 1 atom stereocenters. The van der Waals surface area contributed by atoms with Crippen LogP contribution in [0.2, 0.25) is 0 Å². The Balaban J connectivity index is 1.25. The molecule has 1 fully saturated rings. The Bertz CT molecular complexity index is 1030. The number of ether oxygens (including phenoxy) is 1. The molecule has 2 amide bonds. The second kappa shape index (κ2) is 10.7. The van der Waals surface area contributed by atoms with Crippen molar-refractivity contribution in [2.75, 3.05) is 36.5 Å². The van der Waals surface area contributed by atoms with Crippen LogP contribution in [0.1, 0.15) is 29.1 Å². The first-order valence-electron chi connectivity index (χ1n) is 10.6. The molecular formula is C23H26N4O3S2. The SMILES string of the molecule is CC(NC(=O)Cc1csc(NC(=O)Cc2cccs2)n1)c1ccc(N2CCOCC2)cc1. The summed E-state index contributed by atoms with van der Waals surface area (Å²) in [6.45, 7) is 5.28. The predicted molar refractivity (Wildman–Crippen MR) is 129 cm³/mol. The van der Waals surface area contributed by atoms with E-state index in [4.69, 9.17) is 4.74 Å². The number of hydrogen-bond donors (Lipinski definition) is 2. The minimum atomic E-state index is -0.107. The highest BCUT2D eigenvalue weighted by Gasteiger charge is 2.15. The summed E-state index contributed by atoms with van der Waals surface area (Å²) in [7, 11) is 0. The normalized spacial score (nSPS) is 14.7. The summed E-state index contributed by atoms with van der Waals surface area (Å²) in [5.74, 6) is -0.205. The lowest BCUT2D eigenvalue weighted by Gasteiger charge is -2.29. The molecule has 9 heteroatoms. The largest absolute Gasteiger partial charge is 0.378 e. The average Bonchev–Trinajstić information content (AvgIpc) is 3.46. The Kier molecular flexibility index (Phi) is 7.51. The van der Waals surface area contributed by atoms with Gasteiger partial charge in [0, 0.05) is 29.0 Å². The maximum atomic E-state index is 12.5. The van der Waals surface area contributed by atoms with Crippen LogP contribution in [0.5, 0.6) is 0 Å². The summed E-state index contributed by atoms with van der Waals surface area (Å²) in [5.41, 5.74) is 2.87. The molecule has 7 nitrogen and oxygen atoms in total. The highest BCUT2D eigenvalue weighted by atomic mass is 32.1. The number of benzene rings is 1. The molecule has 3 heterocycles. The van der Waals surface area contributed by atoms with E-state index < -0.39 is 0 Å². The lowest BCUT2D eigenvalue weighted by atomic mass is 10.1. The summed E-state index contributed by atoms with van der Waals surface area (Å²) in [5, 5.41) is 10.1. The number of carbonyl (C=O) groups excluding carboxylic acids is 2. The van der Waals surface area contributed by atoms with Crippen LogP contribution in [0.3, 0.4) is 0 Å². The van der Waals surface area contributed by atoms with Crippen molar-refractivity contribution >= 4 is 45.3 Å². The smallest absolute Gasteiger partial charge is 0.231 e.